The van der Waals surface area contributed by atoms with Gasteiger partial charge >= 0.3 is 0 Å². The van der Waals surface area contributed by atoms with Crippen LogP contribution >= 0.6 is 0 Å². The molecule has 0 fully saturated rings. The number of nitrogens with zero attached hydrogens (tertiary/aromatic N) is 2. The molecule has 0 spiro atoms. The Hall–Kier alpha value is -2.36. The summed E-state index contributed by atoms with van der Waals surface area (Å²) in [6, 6.07) is 4.49. The van der Waals surface area contributed by atoms with Crippen LogP contribution in [0.5, 0.6) is 0 Å². The Labute approximate surface area is 137 Å². The van der Waals surface area contributed by atoms with Crippen LogP contribution in [0.1, 0.15) is 33.4 Å². The molecule has 120 valence electrons. The van der Waals surface area contributed by atoms with Gasteiger partial charge in [-0.1, -0.05) is 0 Å². The van der Waals surface area contributed by atoms with E-state index in [1.807, 2.05) is 0 Å². The second kappa shape index (κ2) is 4.57. The van der Waals surface area contributed by atoms with Gasteiger partial charge in [-0.15, -0.1) is 0 Å². The van der Waals surface area contributed by atoms with Crippen molar-refractivity contribution in [3.63, 3.8) is 0 Å². The van der Waals surface area contributed by atoms with Crippen LogP contribution in [0, 0.1) is 27.7 Å². The van der Waals surface area contributed by atoms with Crippen LogP contribution in [0.3, 0.4) is 0 Å². The lowest BCUT2D eigenvalue weighted by atomic mass is 9.92. The van der Waals surface area contributed by atoms with Gasteiger partial charge in [0.05, 0.1) is 6.67 Å². The lowest BCUT2D eigenvalue weighted by molar-refractivity contribution is 0.646. The van der Waals surface area contributed by atoms with E-state index in [-0.39, 0.29) is 0 Å². The predicted octanol–water partition coefficient (Wildman–Crippen LogP) is 3.38. The largest absolute Gasteiger partial charge is 0.398 e. The summed E-state index contributed by atoms with van der Waals surface area (Å²) in [6.07, 6.45) is 0. The van der Waals surface area contributed by atoms with Crippen molar-refractivity contribution in [2.24, 2.45) is 0 Å². The first kappa shape index (κ1) is 14.2. The highest BCUT2D eigenvalue weighted by molar-refractivity contribution is 5.77. The Bertz CT molecular complexity index is 769. The summed E-state index contributed by atoms with van der Waals surface area (Å²) >= 11 is 0. The molecule has 0 aliphatic carbocycles. The summed E-state index contributed by atoms with van der Waals surface area (Å²) in [7, 11) is 0. The van der Waals surface area contributed by atoms with Gasteiger partial charge in [0, 0.05) is 35.8 Å². The van der Waals surface area contributed by atoms with Crippen molar-refractivity contribution < 1.29 is 0 Å². The van der Waals surface area contributed by atoms with E-state index in [1.54, 1.807) is 0 Å². The number of nitrogens with two attached hydrogens (primary N) is 2. The number of hydrogen-bond donors (Lipinski definition) is 2. The molecular formula is C19H24N4. The second-order valence-corrected chi connectivity index (χ2v) is 7.00. The number of anilines is 4. The zero-order chi connectivity index (χ0) is 16.5. The van der Waals surface area contributed by atoms with Gasteiger partial charge in [-0.25, -0.2) is 0 Å². The number of hydrogen-bond acceptors (Lipinski definition) is 4. The quantitative estimate of drug-likeness (QED) is 0.733. The zero-order valence-corrected chi connectivity index (χ0v) is 14.3. The first-order valence-electron chi connectivity index (χ1n) is 8.15. The first-order valence-corrected chi connectivity index (χ1v) is 8.15. The third-order valence-corrected chi connectivity index (χ3v) is 5.61. The maximum absolute atomic E-state index is 6.27. The molecular weight excluding hydrogens is 284 g/mol. The van der Waals surface area contributed by atoms with Crippen molar-refractivity contribution in [2.45, 2.75) is 40.8 Å². The Morgan fingerprint density at radius 2 is 1.13 bits per heavy atom. The zero-order valence-electron chi connectivity index (χ0n) is 14.3. The average Bonchev–Trinajstić information content (AvgIpc) is 2.53. The molecule has 0 saturated carbocycles. The number of benzene rings is 2. The van der Waals surface area contributed by atoms with Crippen LogP contribution in [0.15, 0.2) is 12.1 Å². The van der Waals surface area contributed by atoms with Gasteiger partial charge in [0.25, 0.3) is 0 Å². The molecule has 0 aromatic heterocycles. The molecule has 4 heteroatoms. The van der Waals surface area contributed by atoms with Crippen molar-refractivity contribution in [1.29, 1.82) is 0 Å². The van der Waals surface area contributed by atoms with E-state index in [9.17, 15) is 0 Å². The molecule has 2 aromatic rings. The molecule has 0 atom stereocenters. The Morgan fingerprint density at radius 3 is 1.52 bits per heavy atom. The highest BCUT2D eigenvalue weighted by atomic mass is 15.4. The monoisotopic (exact) mass is 308 g/mol. The molecule has 4 nitrogen and oxygen atoms in total. The van der Waals surface area contributed by atoms with Gasteiger partial charge in [0.1, 0.15) is 0 Å². The van der Waals surface area contributed by atoms with Gasteiger partial charge in [0.2, 0.25) is 0 Å². The fraction of sp³-hybridized carbons (Fsp3) is 0.368. The molecule has 2 bridgehead atoms. The van der Waals surface area contributed by atoms with Crippen LogP contribution in [-0.2, 0) is 13.1 Å². The van der Waals surface area contributed by atoms with Gasteiger partial charge < -0.3 is 21.3 Å². The molecule has 2 aliphatic rings. The summed E-state index contributed by atoms with van der Waals surface area (Å²) in [5, 5.41) is 0. The molecule has 2 heterocycles. The van der Waals surface area contributed by atoms with E-state index in [0.717, 1.165) is 31.1 Å². The van der Waals surface area contributed by atoms with E-state index in [4.69, 9.17) is 11.5 Å². The van der Waals surface area contributed by atoms with E-state index < -0.39 is 0 Å². The van der Waals surface area contributed by atoms with Crippen molar-refractivity contribution in [1.82, 2.24) is 0 Å². The molecule has 2 aromatic carbocycles. The summed E-state index contributed by atoms with van der Waals surface area (Å²) in [5.74, 6) is 0. The van der Waals surface area contributed by atoms with Gasteiger partial charge in [-0.05, 0) is 73.2 Å². The lowest BCUT2D eigenvalue weighted by Gasteiger charge is -2.46. The van der Waals surface area contributed by atoms with Crippen molar-refractivity contribution >= 4 is 22.7 Å². The molecule has 2 aliphatic heterocycles. The van der Waals surface area contributed by atoms with Crippen LogP contribution in [0.4, 0.5) is 22.7 Å². The molecule has 0 unspecified atom stereocenters. The molecule has 4 rings (SSSR count). The second-order valence-electron chi connectivity index (χ2n) is 7.00. The van der Waals surface area contributed by atoms with E-state index >= 15 is 0 Å². The lowest BCUT2D eigenvalue weighted by Crippen LogP contribution is -2.46. The van der Waals surface area contributed by atoms with Crippen LogP contribution in [0.25, 0.3) is 0 Å². The topological polar surface area (TPSA) is 58.5 Å². The van der Waals surface area contributed by atoms with Gasteiger partial charge in [0.15, 0.2) is 0 Å². The Balaban J connectivity index is 1.91. The number of rotatable bonds is 0. The standard InChI is InChI=1S/C19H24N4/c1-10-5-16-14(12(3)18(10)20)7-23-9-22(16)8-15-13(4)19(21)11(2)6-17(15)23/h5-6H,7-9,20-21H2,1-4H3. The van der Waals surface area contributed by atoms with Crippen LogP contribution < -0.4 is 21.3 Å². The number of nitrogen functional groups attached to an aromatic ring is 2. The van der Waals surface area contributed by atoms with Gasteiger partial charge in [-0.2, -0.15) is 0 Å². The summed E-state index contributed by atoms with van der Waals surface area (Å²) in [5.41, 5.74) is 24.5. The van der Waals surface area contributed by atoms with Crippen molar-refractivity contribution in [3.8, 4) is 0 Å². The summed E-state index contributed by atoms with van der Waals surface area (Å²) in [6.45, 7) is 11.2. The van der Waals surface area contributed by atoms with Crippen LogP contribution in [-0.4, -0.2) is 6.67 Å². The first-order chi connectivity index (χ1) is 10.9. The minimum Gasteiger partial charge on any atom is -0.398 e. The molecule has 4 N–H and O–H groups in total. The highest BCUT2D eigenvalue weighted by Gasteiger charge is 2.32. The van der Waals surface area contributed by atoms with E-state index in [2.05, 4.69) is 49.6 Å². The minimum absolute atomic E-state index is 0.915. The summed E-state index contributed by atoms with van der Waals surface area (Å²) < 4.78 is 0. The number of fused-ring (bicyclic) bond motifs is 6. The fourth-order valence-electron chi connectivity index (χ4n) is 4.01. The normalized spacial score (nSPS) is 15.5. The molecule has 0 amide bonds. The van der Waals surface area contributed by atoms with E-state index in [0.29, 0.717) is 0 Å². The third kappa shape index (κ3) is 1.84. The minimum atomic E-state index is 0.915. The van der Waals surface area contributed by atoms with Crippen molar-refractivity contribution in [2.75, 3.05) is 27.9 Å². The van der Waals surface area contributed by atoms with E-state index in [1.165, 1.54) is 44.8 Å². The van der Waals surface area contributed by atoms with Gasteiger partial charge in [-0.3, -0.25) is 0 Å². The molecule has 23 heavy (non-hydrogen) atoms. The smallest absolute Gasteiger partial charge is 0.0910 e. The SMILES string of the molecule is Cc1cc2c(c(C)c1N)CN1CN2Cc2c1cc(C)c(N)c2C. The maximum atomic E-state index is 6.27. The fourth-order valence-corrected chi connectivity index (χ4v) is 4.01. The highest BCUT2D eigenvalue weighted by Crippen LogP contribution is 2.43. The number of aryl methyl sites for hydroxylation is 2. The van der Waals surface area contributed by atoms with Crippen molar-refractivity contribution in [3.05, 3.63) is 45.5 Å². The maximum Gasteiger partial charge on any atom is 0.0910 e. The Morgan fingerprint density at radius 1 is 0.739 bits per heavy atom. The third-order valence-electron chi connectivity index (χ3n) is 5.61. The summed E-state index contributed by atoms with van der Waals surface area (Å²) in [4.78, 5) is 4.89. The average molecular weight is 308 g/mol. The Kier molecular flexibility index (Phi) is 2.83. The molecule has 0 saturated heterocycles. The predicted molar refractivity (Wildman–Crippen MR) is 97.9 cm³/mol. The van der Waals surface area contributed by atoms with Crippen LogP contribution in [0.2, 0.25) is 0 Å². The molecule has 0 radical (unpaired) electrons.